The fourth-order valence-corrected chi connectivity index (χ4v) is 4.68. The molecule has 1 aliphatic rings. The Morgan fingerprint density at radius 1 is 1.04 bits per heavy atom. The van der Waals surface area contributed by atoms with Crippen molar-refractivity contribution in [3.05, 3.63) is 29.3 Å². The monoisotopic (exact) mass is 401 g/mol. The van der Waals surface area contributed by atoms with E-state index in [0.717, 1.165) is 25.9 Å². The first-order chi connectivity index (χ1) is 12.4. The Labute approximate surface area is 161 Å². The number of rotatable bonds is 8. The van der Waals surface area contributed by atoms with E-state index in [1.807, 2.05) is 0 Å². The quantitative estimate of drug-likeness (QED) is 0.670. The molecule has 6 nitrogen and oxygen atoms in total. The number of piperazine rings is 1. The number of carbonyl (C=O) groups excluding carboxylic acids is 1. The Morgan fingerprint density at radius 3 is 2.08 bits per heavy atom. The summed E-state index contributed by atoms with van der Waals surface area (Å²) in [7, 11) is -3.54. The van der Waals surface area contributed by atoms with Gasteiger partial charge in [0.15, 0.2) is 0 Å². The molecule has 8 heteroatoms. The second-order valence-electron chi connectivity index (χ2n) is 6.51. The first-order valence-electron chi connectivity index (χ1n) is 9.14. The van der Waals surface area contributed by atoms with E-state index in [0.29, 0.717) is 37.7 Å². The Hall–Kier alpha value is -1.15. The number of halogens is 1. The van der Waals surface area contributed by atoms with E-state index in [-0.39, 0.29) is 10.8 Å². The lowest BCUT2D eigenvalue weighted by Crippen LogP contribution is -2.52. The van der Waals surface area contributed by atoms with Gasteiger partial charge in [-0.25, -0.2) is 8.42 Å². The molecular weight excluding hydrogens is 374 g/mol. The topological polar surface area (TPSA) is 60.9 Å². The third-order valence-corrected chi connectivity index (χ3v) is 6.65. The van der Waals surface area contributed by atoms with Crippen molar-refractivity contribution in [1.82, 2.24) is 14.1 Å². The molecule has 1 fully saturated rings. The standard InChI is InChI=1S/C18H28ClN3O3S/c1-3-9-20(10-4-2)15-18(23)21-11-13-22(14-12-21)26(24,25)17-7-5-16(19)6-8-17/h5-8H,3-4,9-15H2,1-2H3. The highest BCUT2D eigenvalue weighted by Crippen LogP contribution is 2.20. The van der Waals surface area contributed by atoms with Gasteiger partial charge in [0, 0.05) is 31.2 Å². The summed E-state index contributed by atoms with van der Waals surface area (Å²) in [5, 5.41) is 0.503. The van der Waals surface area contributed by atoms with Gasteiger partial charge in [-0.05, 0) is 50.2 Å². The summed E-state index contributed by atoms with van der Waals surface area (Å²) in [5.41, 5.74) is 0. The lowest BCUT2D eigenvalue weighted by atomic mass is 10.3. The van der Waals surface area contributed by atoms with Gasteiger partial charge in [-0.2, -0.15) is 4.31 Å². The zero-order valence-corrected chi connectivity index (χ0v) is 17.1. The summed E-state index contributed by atoms with van der Waals surface area (Å²) in [6, 6.07) is 6.18. The van der Waals surface area contributed by atoms with E-state index >= 15 is 0 Å². The molecule has 1 saturated heterocycles. The van der Waals surface area contributed by atoms with Crippen LogP contribution in [0.1, 0.15) is 26.7 Å². The van der Waals surface area contributed by atoms with Crippen molar-refractivity contribution in [2.24, 2.45) is 0 Å². The maximum absolute atomic E-state index is 12.7. The van der Waals surface area contributed by atoms with E-state index < -0.39 is 10.0 Å². The highest BCUT2D eigenvalue weighted by Gasteiger charge is 2.30. The molecule has 0 aliphatic carbocycles. The summed E-state index contributed by atoms with van der Waals surface area (Å²) in [4.78, 5) is 16.7. The molecule has 26 heavy (non-hydrogen) atoms. The normalized spacial score (nSPS) is 16.2. The zero-order valence-electron chi connectivity index (χ0n) is 15.5. The van der Waals surface area contributed by atoms with Gasteiger partial charge in [0.25, 0.3) is 0 Å². The van der Waals surface area contributed by atoms with Crippen molar-refractivity contribution in [3.63, 3.8) is 0 Å². The van der Waals surface area contributed by atoms with Crippen LogP contribution < -0.4 is 0 Å². The maximum atomic E-state index is 12.7. The molecule has 0 unspecified atom stereocenters. The first-order valence-corrected chi connectivity index (χ1v) is 11.0. The summed E-state index contributed by atoms with van der Waals surface area (Å²) in [6.07, 6.45) is 2.03. The second kappa shape index (κ2) is 9.69. The number of carbonyl (C=O) groups is 1. The Bertz CT molecular complexity index is 680. The highest BCUT2D eigenvalue weighted by molar-refractivity contribution is 7.89. The molecule has 1 amide bonds. The predicted octanol–water partition coefficient (Wildman–Crippen LogP) is 2.29. The molecule has 1 heterocycles. The molecule has 1 aromatic carbocycles. The molecule has 0 bridgehead atoms. The molecule has 0 N–H and O–H groups in total. The van der Waals surface area contributed by atoms with Gasteiger partial charge in [0.05, 0.1) is 11.4 Å². The van der Waals surface area contributed by atoms with E-state index in [1.54, 1.807) is 17.0 Å². The lowest BCUT2D eigenvalue weighted by molar-refractivity contribution is -0.133. The number of benzene rings is 1. The minimum absolute atomic E-state index is 0.0791. The smallest absolute Gasteiger partial charge is 0.243 e. The first kappa shape index (κ1) is 21.2. The van der Waals surface area contributed by atoms with Crippen LogP contribution in [0, 0.1) is 0 Å². The van der Waals surface area contributed by atoms with E-state index in [2.05, 4.69) is 18.7 Å². The van der Waals surface area contributed by atoms with Crippen molar-refractivity contribution < 1.29 is 13.2 Å². The van der Waals surface area contributed by atoms with E-state index in [1.165, 1.54) is 16.4 Å². The minimum atomic E-state index is -3.54. The molecule has 0 saturated carbocycles. The van der Waals surface area contributed by atoms with Crippen LogP contribution in [0.25, 0.3) is 0 Å². The maximum Gasteiger partial charge on any atom is 0.243 e. The zero-order chi connectivity index (χ0) is 19.2. The molecule has 2 rings (SSSR count). The predicted molar refractivity (Wildman–Crippen MR) is 104 cm³/mol. The highest BCUT2D eigenvalue weighted by atomic mass is 35.5. The summed E-state index contributed by atoms with van der Waals surface area (Å²) < 4.78 is 26.8. The van der Waals surface area contributed by atoms with Crippen molar-refractivity contribution >= 4 is 27.5 Å². The molecule has 146 valence electrons. The molecular formula is C18H28ClN3O3S. The van der Waals surface area contributed by atoms with Crippen LogP contribution in [-0.2, 0) is 14.8 Å². The number of sulfonamides is 1. The van der Waals surface area contributed by atoms with Gasteiger partial charge in [-0.3, -0.25) is 9.69 Å². The van der Waals surface area contributed by atoms with Crippen LogP contribution >= 0.6 is 11.6 Å². The van der Waals surface area contributed by atoms with Crippen LogP contribution in [0.5, 0.6) is 0 Å². The van der Waals surface area contributed by atoms with Crippen LogP contribution in [-0.4, -0.2) is 74.2 Å². The van der Waals surface area contributed by atoms with Gasteiger partial charge < -0.3 is 4.90 Å². The number of amides is 1. The van der Waals surface area contributed by atoms with Gasteiger partial charge in [-0.1, -0.05) is 25.4 Å². The van der Waals surface area contributed by atoms with Gasteiger partial charge in [0.1, 0.15) is 0 Å². The average Bonchev–Trinajstić information content (AvgIpc) is 2.62. The molecule has 0 atom stereocenters. The van der Waals surface area contributed by atoms with Gasteiger partial charge >= 0.3 is 0 Å². The minimum Gasteiger partial charge on any atom is -0.339 e. The summed E-state index contributed by atoms with van der Waals surface area (Å²) >= 11 is 5.83. The fourth-order valence-electron chi connectivity index (χ4n) is 3.13. The SMILES string of the molecule is CCCN(CCC)CC(=O)N1CCN(S(=O)(=O)c2ccc(Cl)cc2)CC1. The van der Waals surface area contributed by atoms with Crippen molar-refractivity contribution in [1.29, 1.82) is 0 Å². The van der Waals surface area contributed by atoms with Gasteiger partial charge in [-0.15, -0.1) is 0 Å². The largest absolute Gasteiger partial charge is 0.339 e. The van der Waals surface area contributed by atoms with Crippen molar-refractivity contribution in [2.75, 3.05) is 45.8 Å². The molecule has 0 aromatic heterocycles. The Morgan fingerprint density at radius 2 is 1.58 bits per heavy atom. The Balaban J connectivity index is 1.93. The number of hydrogen-bond donors (Lipinski definition) is 0. The number of nitrogens with zero attached hydrogens (tertiary/aromatic N) is 3. The van der Waals surface area contributed by atoms with Crippen LogP contribution in [0.4, 0.5) is 0 Å². The molecule has 1 aliphatic heterocycles. The summed E-state index contributed by atoms with van der Waals surface area (Å²) in [6.45, 7) is 7.92. The molecule has 1 aromatic rings. The van der Waals surface area contributed by atoms with E-state index in [9.17, 15) is 13.2 Å². The fraction of sp³-hybridized carbons (Fsp3) is 0.611. The van der Waals surface area contributed by atoms with Crippen LogP contribution in [0.3, 0.4) is 0 Å². The Kier molecular flexibility index (Phi) is 7.88. The molecule has 0 spiro atoms. The van der Waals surface area contributed by atoms with Gasteiger partial charge in [0.2, 0.25) is 15.9 Å². The summed E-state index contributed by atoms with van der Waals surface area (Å²) in [5.74, 6) is 0.0791. The lowest BCUT2D eigenvalue weighted by Gasteiger charge is -2.35. The van der Waals surface area contributed by atoms with E-state index in [4.69, 9.17) is 11.6 Å². The third-order valence-electron chi connectivity index (χ3n) is 4.48. The van der Waals surface area contributed by atoms with Crippen molar-refractivity contribution in [3.8, 4) is 0 Å². The van der Waals surface area contributed by atoms with Crippen molar-refractivity contribution in [2.45, 2.75) is 31.6 Å². The van der Waals surface area contributed by atoms with Crippen LogP contribution in [0.15, 0.2) is 29.2 Å². The third kappa shape index (κ3) is 5.42. The second-order valence-corrected chi connectivity index (χ2v) is 8.89. The average molecular weight is 402 g/mol. The number of hydrogen-bond acceptors (Lipinski definition) is 4. The van der Waals surface area contributed by atoms with Crippen LogP contribution in [0.2, 0.25) is 5.02 Å². The molecule has 0 radical (unpaired) electrons.